The molecule has 0 spiro atoms. The van der Waals surface area contributed by atoms with E-state index in [1.54, 1.807) is 29.3 Å². The second kappa shape index (κ2) is 5.87. The van der Waals surface area contributed by atoms with Crippen LogP contribution in [0.2, 0.25) is 0 Å². The molecule has 0 aliphatic heterocycles. The quantitative estimate of drug-likeness (QED) is 0.465. The molecular weight excluding hydrogens is 228 g/mol. The molecule has 18 heavy (non-hydrogen) atoms. The first kappa shape index (κ1) is 13.8. The third-order valence-corrected chi connectivity index (χ3v) is 2.42. The molecule has 4 heteroatoms. The highest BCUT2D eigenvalue weighted by atomic mass is 16.5. The average Bonchev–Trinajstić information content (AvgIpc) is 2.35. The fraction of sp³-hybridized carbons (Fsp3) is 0.286. The average molecular weight is 244 g/mol. The third-order valence-electron chi connectivity index (χ3n) is 2.42. The van der Waals surface area contributed by atoms with E-state index in [-0.39, 0.29) is 5.97 Å². The summed E-state index contributed by atoms with van der Waals surface area (Å²) in [5.74, 6) is -0.387. The van der Waals surface area contributed by atoms with E-state index >= 15 is 0 Å². The van der Waals surface area contributed by atoms with Crippen molar-refractivity contribution in [2.45, 2.75) is 6.92 Å². The summed E-state index contributed by atoms with van der Waals surface area (Å²) in [4.78, 5) is 16.9. The number of methoxy groups -OCH3 is 1. The molecule has 1 rings (SSSR count). The Hall–Kier alpha value is -2.28. The van der Waals surface area contributed by atoms with Gasteiger partial charge in [-0.25, -0.2) is 9.64 Å². The van der Waals surface area contributed by atoms with Crippen LogP contribution in [0, 0.1) is 13.5 Å². The van der Waals surface area contributed by atoms with E-state index in [1.165, 1.54) is 7.11 Å². The summed E-state index contributed by atoms with van der Waals surface area (Å²) in [5.41, 5.74) is 2.70. The molecule has 94 valence electrons. The Bertz CT molecular complexity index is 525. The van der Waals surface area contributed by atoms with E-state index < -0.39 is 0 Å². The van der Waals surface area contributed by atoms with Crippen molar-refractivity contribution in [2.24, 2.45) is 0 Å². The Balaban J connectivity index is 3.31. The van der Waals surface area contributed by atoms with Gasteiger partial charge in [-0.1, -0.05) is 23.8 Å². The Labute approximate surface area is 107 Å². The van der Waals surface area contributed by atoms with E-state index in [4.69, 9.17) is 11.3 Å². The zero-order valence-electron chi connectivity index (χ0n) is 11.0. The lowest BCUT2D eigenvalue weighted by molar-refractivity contribution is -0.133. The standard InChI is InChI=1S/C14H16N2O2/c1-10-8-11(15-2)6-7-12(10)13(9-16(3)4)14(17)18-5/h6-9H,1,3-5H3/b13-9-. The minimum Gasteiger partial charge on any atom is -0.465 e. The van der Waals surface area contributed by atoms with Crippen molar-refractivity contribution in [1.29, 1.82) is 0 Å². The molecule has 0 radical (unpaired) electrons. The molecule has 4 nitrogen and oxygen atoms in total. The minimum atomic E-state index is -0.387. The van der Waals surface area contributed by atoms with Crippen LogP contribution in [0.1, 0.15) is 11.1 Å². The second-order valence-corrected chi connectivity index (χ2v) is 4.11. The fourth-order valence-corrected chi connectivity index (χ4v) is 1.62. The Morgan fingerprint density at radius 2 is 2.11 bits per heavy atom. The van der Waals surface area contributed by atoms with Gasteiger partial charge in [0, 0.05) is 20.3 Å². The molecule has 0 aliphatic carbocycles. The number of hydrogen-bond donors (Lipinski definition) is 0. The molecule has 0 saturated heterocycles. The number of rotatable bonds is 3. The van der Waals surface area contributed by atoms with Gasteiger partial charge in [-0.05, 0) is 12.5 Å². The summed E-state index contributed by atoms with van der Waals surface area (Å²) in [6.45, 7) is 8.83. The molecule has 0 unspecified atom stereocenters. The largest absolute Gasteiger partial charge is 0.465 e. The van der Waals surface area contributed by atoms with Gasteiger partial charge in [-0.2, -0.15) is 0 Å². The van der Waals surface area contributed by atoms with E-state index in [2.05, 4.69) is 4.85 Å². The van der Waals surface area contributed by atoms with Crippen LogP contribution in [0.3, 0.4) is 0 Å². The topological polar surface area (TPSA) is 33.9 Å². The molecule has 0 aromatic heterocycles. The zero-order chi connectivity index (χ0) is 13.7. The van der Waals surface area contributed by atoms with Crippen molar-refractivity contribution >= 4 is 17.2 Å². The predicted molar refractivity (Wildman–Crippen MR) is 71.1 cm³/mol. The van der Waals surface area contributed by atoms with Gasteiger partial charge >= 0.3 is 5.97 Å². The molecule has 0 saturated carbocycles. The van der Waals surface area contributed by atoms with Crippen molar-refractivity contribution in [3.63, 3.8) is 0 Å². The maximum atomic E-state index is 11.8. The number of hydrogen-bond acceptors (Lipinski definition) is 3. The molecule has 0 bridgehead atoms. The summed E-state index contributed by atoms with van der Waals surface area (Å²) in [5, 5.41) is 0. The Kier molecular flexibility index (Phi) is 4.50. The monoisotopic (exact) mass is 244 g/mol. The van der Waals surface area contributed by atoms with Crippen molar-refractivity contribution in [2.75, 3.05) is 21.2 Å². The first-order valence-electron chi connectivity index (χ1n) is 5.44. The van der Waals surface area contributed by atoms with Crippen LogP contribution in [0.5, 0.6) is 0 Å². The first-order chi connectivity index (χ1) is 8.49. The lowest BCUT2D eigenvalue weighted by Crippen LogP contribution is -2.10. The van der Waals surface area contributed by atoms with Gasteiger partial charge in [-0.3, -0.25) is 0 Å². The van der Waals surface area contributed by atoms with Gasteiger partial charge in [0.15, 0.2) is 5.69 Å². The maximum Gasteiger partial charge on any atom is 0.339 e. The van der Waals surface area contributed by atoms with Crippen LogP contribution in [-0.4, -0.2) is 32.1 Å². The number of ether oxygens (including phenoxy) is 1. The highest BCUT2D eigenvalue weighted by Gasteiger charge is 2.15. The number of aryl methyl sites for hydroxylation is 1. The van der Waals surface area contributed by atoms with E-state index in [1.807, 2.05) is 21.0 Å². The fourth-order valence-electron chi connectivity index (χ4n) is 1.62. The second-order valence-electron chi connectivity index (χ2n) is 4.11. The van der Waals surface area contributed by atoms with Crippen LogP contribution in [0.25, 0.3) is 10.4 Å². The van der Waals surface area contributed by atoms with Gasteiger partial charge in [0.25, 0.3) is 0 Å². The molecule has 0 atom stereocenters. The van der Waals surface area contributed by atoms with Crippen LogP contribution in [0.15, 0.2) is 24.4 Å². The van der Waals surface area contributed by atoms with Crippen LogP contribution in [-0.2, 0) is 9.53 Å². The van der Waals surface area contributed by atoms with Gasteiger partial charge in [0.1, 0.15) is 0 Å². The minimum absolute atomic E-state index is 0.387. The number of carbonyl (C=O) groups excluding carboxylic acids is 1. The SMILES string of the molecule is [C-]#[N+]c1ccc(/C(=C/N(C)C)C(=O)OC)c(C)c1. The molecule has 0 amide bonds. The third kappa shape index (κ3) is 3.11. The number of esters is 1. The van der Waals surface area contributed by atoms with Gasteiger partial charge < -0.3 is 9.64 Å². The van der Waals surface area contributed by atoms with Crippen molar-refractivity contribution in [3.8, 4) is 0 Å². The molecular formula is C14H16N2O2. The molecule has 1 aromatic carbocycles. The molecule has 0 heterocycles. The molecule has 1 aromatic rings. The van der Waals surface area contributed by atoms with Crippen LogP contribution >= 0.6 is 0 Å². The summed E-state index contributed by atoms with van der Waals surface area (Å²) in [6.07, 6.45) is 1.71. The lowest BCUT2D eigenvalue weighted by atomic mass is 10.0. The van der Waals surface area contributed by atoms with Crippen molar-refractivity contribution in [1.82, 2.24) is 4.90 Å². The highest BCUT2D eigenvalue weighted by molar-refractivity contribution is 6.16. The van der Waals surface area contributed by atoms with Crippen LogP contribution < -0.4 is 0 Å². The van der Waals surface area contributed by atoms with Crippen molar-refractivity contribution in [3.05, 3.63) is 46.9 Å². The summed E-state index contributed by atoms with van der Waals surface area (Å²) < 4.78 is 4.78. The van der Waals surface area contributed by atoms with Gasteiger partial charge in [0.2, 0.25) is 0 Å². The Morgan fingerprint density at radius 3 is 2.56 bits per heavy atom. The van der Waals surface area contributed by atoms with E-state index in [9.17, 15) is 4.79 Å². The normalized spacial score (nSPS) is 10.7. The van der Waals surface area contributed by atoms with Crippen LogP contribution in [0.4, 0.5) is 5.69 Å². The van der Waals surface area contributed by atoms with Gasteiger partial charge in [0.05, 0.1) is 19.3 Å². The smallest absolute Gasteiger partial charge is 0.339 e. The Morgan fingerprint density at radius 1 is 1.44 bits per heavy atom. The number of benzene rings is 1. The van der Waals surface area contributed by atoms with Gasteiger partial charge in [-0.15, -0.1) is 0 Å². The first-order valence-corrected chi connectivity index (χ1v) is 5.44. The van der Waals surface area contributed by atoms with Crippen molar-refractivity contribution < 1.29 is 9.53 Å². The predicted octanol–water partition coefficient (Wildman–Crippen LogP) is 2.62. The summed E-state index contributed by atoms with van der Waals surface area (Å²) in [7, 11) is 5.03. The molecule has 0 fully saturated rings. The van der Waals surface area contributed by atoms with E-state index in [0.29, 0.717) is 11.3 Å². The summed E-state index contributed by atoms with van der Waals surface area (Å²) in [6, 6.07) is 5.23. The summed E-state index contributed by atoms with van der Waals surface area (Å²) >= 11 is 0. The number of nitrogens with zero attached hydrogens (tertiary/aromatic N) is 2. The maximum absolute atomic E-state index is 11.8. The number of carbonyl (C=O) groups is 1. The van der Waals surface area contributed by atoms with E-state index in [0.717, 1.165) is 11.1 Å². The molecule has 0 N–H and O–H groups in total. The highest BCUT2D eigenvalue weighted by Crippen LogP contribution is 2.24. The lowest BCUT2D eigenvalue weighted by Gasteiger charge is -2.13. The molecule has 0 aliphatic rings. The zero-order valence-corrected chi connectivity index (χ0v) is 11.0.